The van der Waals surface area contributed by atoms with Crippen LogP contribution in [0.15, 0.2) is 0 Å². The second-order valence-electron chi connectivity index (χ2n) is 6.15. The van der Waals surface area contributed by atoms with Gasteiger partial charge in [0.15, 0.2) is 0 Å². The first kappa shape index (κ1) is 15.5. The quantitative estimate of drug-likeness (QED) is 0.577. The Balaban J connectivity index is 4.49. The van der Waals surface area contributed by atoms with Gasteiger partial charge in [-0.25, -0.2) is 8.42 Å². The van der Waals surface area contributed by atoms with Crippen LogP contribution in [0.2, 0.25) is 24.2 Å². The van der Waals surface area contributed by atoms with Crippen molar-refractivity contribution in [2.24, 2.45) is 5.92 Å². The molecule has 0 spiro atoms. The van der Waals surface area contributed by atoms with Crippen molar-refractivity contribution in [2.45, 2.75) is 51.9 Å². The van der Waals surface area contributed by atoms with E-state index in [1.54, 1.807) is 0 Å². The zero-order valence-electron chi connectivity index (χ0n) is 10.6. The predicted octanol–water partition coefficient (Wildman–Crippen LogP) is 3.70. The largest absolute Gasteiger partial charge is 0.232 e. The molecule has 0 aliphatic heterocycles. The van der Waals surface area contributed by atoms with Gasteiger partial charge in [-0.05, 0) is 11.0 Å². The van der Waals surface area contributed by atoms with Crippen LogP contribution in [-0.2, 0) is 9.05 Å². The lowest BCUT2D eigenvalue weighted by Crippen LogP contribution is -2.39. The van der Waals surface area contributed by atoms with E-state index in [9.17, 15) is 8.42 Å². The van der Waals surface area contributed by atoms with Crippen LogP contribution in [-0.4, -0.2) is 22.2 Å². The first-order valence-electron chi connectivity index (χ1n) is 5.27. The van der Waals surface area contributed by atoms with Gasteiger partial charge in [-0.2, -0.15) is 0 Å². The van der Waals surface area contributed by atoms with Crippen LogP contribution in [0.3, 0.4) is 0 Å². The summed E-state index contributed by atoms with van der Waals surface area (Å²) in [4.78, 5) is 0. The average Bonchev–Trinajstić information content (AvgIpc) is 1.75. The molecule has 1 atom stereocenters. The molecule has 5 heteroatoms. The van der Waals surface area contributed by atoms with Crippen LogP contribution in [0.25, 0.3) is 0 Å². The summed E-state index contributed by atoms with van der Waals surface area (Å²) in [5, 5.41) is 0.303. The van der Waals surface area contributed by atoms with Gasteiger partial charge < -0.3 is 0 Å². The van der Waals surface area contributed by atoms with Crippen molar-refractivity contribution in [3.05, 3.63) is 0 Å². The monoisotopic (exact) mass is 270 g/mol. The van der Waals surface area contributed by atoms with E-state index in [-0.39, 0.29) is 11.7 Å². The zero-order valence-corrected chi connectivity index (χ0v) is 13.2. The van der Waals surface area contributed by atoms with Crippen molar-refractivity contribution in [3.63, 3.8) is 0 Å². The van der Waals surface area contributed by atoms with Crippen molar-refractivity contribution in [2.75, 3.05) is 5.75 Å². The maximum absolute atomic E-state index is 11.0. The fourth-order valence-corrected chi connectivity index (χ4v) is 5.73. The lowest BCUT2D eigenvalue weighted by molar-refractivity contribution is 0.591. The minimum atomic E-state index is -3.35. The molecule has 0 bridgehead atoms. The molecule has 15 heavy (non-hydrogen) atoms. The molecule has 0 N–H and O–H groups in total. The van der Waals surface area contributed by atoms with Crippen molar-refractivity contribution in [3.8, 4) is 0 Å². The number of hydrogen-bond acceptors (Lipinski definition) is 2. The smallest absolute Gasteiger partial charge is 0.212 e. The third kappa shape index (κ3) is 5.93. The fraction of sp³-hybridized carbons (Fsp3) is 1.00. The second kappa shape index (κ2) is 4.76. The molecule has 0 unspecified atom stereocenters. The Morgan fingerprint density at radius 1 is 1.27 bits per heavy atom. The summed E-state index contributed by atoms with van der Waals surface area (Å²) in [5.41, 5.74) is 0. The van der Waals surface area contributed by atoms with E-state index in [4.69, 9.17) is 10.7 Å². The first-order valence-corrected chi connectivity index (χ1v) is 11.0. The number of hydrogen-bond donors (Lipinski definition) is 0. The molecule has 0 aromatic heterocycles. The highest BCUT2D eigenvalue weighted by molar-refractivity contribution is 8.13. The molecule has 0 amide bonds. The molecule has 0 heterocycles. The molecule has 0 aromatic carbocycles. The highest BCUT2D eigenvalue weighted by Gasteiger charge is 2.36. The Bertz CT molecular complexity index is 304. The molecule has 0 radical (unpaired) electrons. The normalized spacial score (nSPS) is 16.5. The highest BCUT2D eigenvalue weighted by Crippen LogP contribution is 2.40. The van der Waals surface area contributed by atoms with Crippen LogP contribution < -0.4 is 0 Å². The van der Waals surface area contributed by atoms with E-state index in [0.717, 1.165) is 6.04 Å². The van der Waals surface area contributed by atoms with Gasteiger partial charge in [-0.1, -0.05) is 46.8 Å². The summed E-state index contributed by atoms with van der Waals surface area (Å²) in [6.45, 7) is 13.3. The maximum Gasteiger partial charge on any atom is 0.232 e. The summed E-state index contributed by atoms with van der Waals surface area (Å²) >= 11 is 0. The van der Waals surface area contributed by atoms with Gasteiger partial charge in [-0.3, -0.25) is 0 Å². The lowest BCUT2D eigenvalue weighted by Gasteiger charge is -2.38. The van der Waals surface area contributed by atoms with E-state index in [0.29, 0.717) is 5.04 Å². The third-order valence-electron chi connectivity index (χ3n) is 3.37. The van der Waals surface area contributed by atoms with Gasteiger partial charge in [-0.15, -0.1) is 0 Å². The summed E-state index contributed by atoms with van der Waals surface area (Å²) in [5.74, 6) is 0.259. The van der Waals surface area contributed by atoms with E-state index in [2.05, 4.69) is 33.9 Å². The van der Waals surface area contributed by atoms with Gasteiger partial charge in [0.1, 0.15) is 0 Å². The van der Waals surface area contributed by atoms with Crippen molar-refractivity contribution in [1.82, 2.24) is 0 Å². The minimum absolute atomic E-state index is 0.0983. The molecule has 92 valence electrons. The van der Waals surface area contributed by atoms with Crippen LogP contribution in [0.5, 0.6) is 0 Å². The zero-order chi connectivity index (χ0) is 12.5. The lowest BCUT2D eigenvalue weighted by atomic mass is 10.2. The Labute approximate surface area is 99.8 Å². The molecular weight excluding hydrogens is 248 g/mol. The molecule has 0 aromatic rings. The van der Waals surface area contributed by atoms with Gasteiger partial charge in [0.05, 0.1) is 13.8 Å². The highest BCUT2D eigenvalue weighted by atomic mass is 35.7. The van der Waals surface area contributed by atoms with Crippen LogP contribution >= 0.6 is 10.7 Å². The Kier molecular flexibility index (Phi) is 4.90. The summed E-state index contributed by atoms with van der Waals surface area (Å²) in [7, 11) is 0.521. The van der Waals surface area contributed by atoms with Crippen molar-refractivity contribution in [1.29, 1.82) is 0 Å². The van der Waals surface area contributed by atoms with Crippen LogP contribution in [0, 0.1) is 5.92 Å². The van der Waals surface area contributed by atoms with Crippen molar-refractivity contribution >= 4 is 27.8 Å². The SMILES string of the molecule is C[C@@H](C[Si](C)(C)C(C)(C)C)CS(=O)(=O)Cl. The topological polar surface area (TPSA) is 34.1 Å². The number of halogens is 1. The molecule has 0 rings (SSSR count). The summed E-state index contributed by atoms with van der Waals surface area (Å²) in [6.07, 6.45) is 0. The summed E-state index contributed by atoms with van der Waals surface area (Å²) in [6, 6.07) is 1.00. The Morgan fingerprint density at radius 2 is 1.67 bits per heavy atom. The average molecular weight is 271 g/mol. The summed E-state index contributed by atoms with van der Waals surface area (Å²) < 4.78 is 21.9. The minimum Gasteiger partial charge on any atom is -0.212 e. The maximum atomic E-state index is 11.0. The van der Waals surface area contributed by atoms with Crippen LogP contribution in [0.4, 0.5) is 0 Å². The van der Waals surface area contributed by atoms with E-state index >= 15 is 0 Å². The molecule has 0 saturated heterocycles. The standard InChI is InChI=1S/C10H23ClO2SSi/c1-9(7-14(11,12)13)8-15(5,6)10(2,3)4/h9H,7-8H2,1-6H3/t9-/m1/s1. The molecule has 0 aliphatic carbocycles. The van der Waals surface area contributed by atoms with Gasteiger partial charge >= 0.3 is 0 Å². The van der Waals surface area contributed by atoms with E-state index in [1.807, 2.05) is 6.92 Å². The Morgan fingerprint density at radius 3 is 1.93 bits per heavy atom. The number of rotatable bonds is 4. The predicted molar refractivity (Wildman–Crippen MR) is 70.8 cm³/mol. The second-order valence-corrected chi connectivity index (χ2v) is 14.6. The van der Waals surface area contributed by atoms with E-state index in [1.165, 1.54) is 0 Å². The molecular formula is C10H23ClO2SSi. The van der Waals surface area contributed by atoms with E-state index < -0.39 is 17.1 Å². The fourth-order valence-electron chi connectivity index (χ4n) is 1.58. The third-order valence-corrected chi connectivity index (χ3v) is 10.5. The molecule has 0 fully saturated rings. The molecule has 0 saturated carbocycles. The van der Waals surface area contributed by atoms with Gasteiger partial charge in [0, 0.05) is 10.7 Å². The first-order chi connectivity index (χ1) is 6.35. The van der Waals surface area contributed by atoms with Crippen LogP contribution in [0.1, 0.15) is 27.7 Å². The Hall–Kier alpha value is 0.457. The van der Waals surface area contributed by atoms with Gasteiger partial charge in [0.2, 0.25) is 9.05 Å². The molecule has 0 aliphatic rings. The molecule has 2 nitrogen and oxygen atoms in total. The van der Waals surface area contributed by atoms with Crippen molar-refractivity contribution < 1.29 is 8.42 Å². The van der Waals surface area contributed by atoms with Gasteiger partial charge in [0.25, 0.3) is 0 Å².